The molecule has 0 N–H and O–H groups in total. The van der Waals surface area contributed by atoms with Crippen molar-refractivity contribution < 1.29 is 9.53 Å². The van der Waals surface area contributed by atoms with Gasteiger partial charge in [-0.1, -0.05) is 59.1 Å². The molecule has 0 bridgehead atoms. The summed E-state index contributed by atoms with van der Waals surface area (Å²) in [7, 11) is 0. The van der Waals surface area contributed by atoms with Gasteiger partial charge in [-0.25, -0.2) is 4.99 Å². The maximum Gasteiger partial charge on any atom is 0.266 e. The predicted octanol–water partition coefficient (Wildman–Crippen LogP) is 7.89. The molecule has 0 radical (unpaired) electrons. The minimum Gasteiger partial charge on any atom is -0.489 e. The Hall–Kier alpha value is -2.73. The zero-order chi connectivity index (χ0) is 24.2. The molecule has 174 valence electrons. The van der Waals surface area contributed by atoms with Gasteiger partial charge in [0.2, 0.25) is 0 Å². The average Bonchev–Trinajstić information content (AvgIpc) is 3.11. The van der Waals surface area contributed by atoms with Gasteiger partial charge in [-0.15, -0.1) is 0 Å². The van der Waals surface area contributed by atoms with E-state index >= 15 is 0 Å². The van der Waals surface area contributed by atoms with Crippen LogP contribution in [-0.4, -0.2) is 22.0 Å². The summed E-state index contributed by atoms with van der Waals surface area (Å²) in [6.07, 6.45) is 1.89. The van der Waals surface area contributed by atoms with E-state index in [9.17, 15) is 4.79 Å². The van der Waals surface area contributed by atoms with Crippen molar-refractivity contribution in [3.05, 3.63) is 98.4 Å². The van der Waals surface area contributed by atoms with Gasteiger partial charge >= 0.3 is 0 Å². The van der Waals surface area contributed by atoms with Gasteiger partial charge in [0.1, 0.15) is 12.4 Å². The first kappa shape index (κ1) is 24.4. The summed E-state index contributed by atoms with van der Waals surface area (Å²) in [6, 6.07) is 21.0. The second-order valence-corrected chi connectivity index (χ2v) is 10.0. The fraction of sp³-hybridized carbons (Fsp3) is 0.185. The zero-order valence-corrected chi connectivity index (χ0v) is 21.4. The first-order valence-corrected chi connectivity index (χ1v) is 12.4. The Morgan fingerprint density at radius 3 is 2.35 bits per heavy atom. The molecule has 3 aromatic carbocycles. The molecule has 34 heavy (non-hydrogen) atoms. The lowest BCUT2D eigenvalue weighted by Gasteiger charge is -2.19. The van der Waals surface area contributed by atoms with Crippen molar-refractivity contribution in [1.29, 1.82) is 0 Å². The van der Waals surface area contributed by atoms with Crippen LogP contribution in [0.4, 0.5) is 5.69 Å². The second-order valence-electron chi connectivity index (χ2n) is 8.22. The maximum atomic E-state index is 13.1. The van der Waals surface area contributed by atoms with Crippen LogP contribution in [0, 0.1) is 6.92 Å². The molecule has 1 aliphatic rings. The molecule has 1 heterocycles. The highest BCUT2D eigenvalue weighted by atomic mass is 35.5. The van der Waals surface area contributed by atoms with Crippen molar-refractivity contribution in [3.63, 3.8) is 0 Å². The van der Waals surface area contributed by atoms with Crippen molar-refractivity contribution in [3.8, 4) is 5.75 Å². The number of thioether (sulfide) groups is 1. The standard InChI is InChI=1S/C27H24Cl2N2O2S/c1-17(2)31-26(32)25(34-27(31)30-21-9-4-18(3)5-10-21)15-19-6-11-22(12-7-19)33-16-20-8-13-23(28)24(29)14-20/h4-15,17H,16H2,1-3H3/b25-15+,30-27?. The third-order valence-electron chi connectivity index (χ3n) is 5.18. The van der Waals surface area contributed by atoms with Gasteiger partial charge in [0.25, 0.3) is 5.91 Å². The molecule has 4 rings (SSSR count). The number of nitrogens with zero attached hydrogens (tertiary/aromatic N) is 2. The molecule has 4 nitrogen and oxygen atoms in total. The second kappa shape index (κ2) is 10.7. The van der Waals surface area contributed by atoms with E-state index in [1.54, 1.807) is 17.0 Å². The number of carbonyl (C=O) groups excluding carboxylic acids is 1. The summed E-state index contributed by atoms with van der Waals surface area (Å²) < 4.78 is 5.85. The highest BCUT2D eigenvalue weighted by Crippen LogP contribution is 2.35. The number of aryl methyl sites for hydroxylation is 1. The molecule has 0 spiro atoms. The third kappa shape index (κ3) is 5.84. The summed E-state index contributed by atoms with van der Waals surface area (Å²) in [5.41, 5.74) is 3.85. The lowest BCUT2D eigenvalue weighted by atomic mass is 10.2. The van der Waals surface area contributed by atoms with Gasteiger partial charge in [0.05, 0.1) is 20.6 Å². The fourth-order valence-electron chi connectivity index (χ4n) is 3.36. The van der Waals surface area contributed by atoms with Crippen LogP contribution in [0.2, 0.25) is 10.0 Å². The summed E-state index contributed by atoms with van der Waals surface area (Å²) in [4.78, 5) is 20.2. The molecule has 1 saturated heterocycles. The monoisotopic (exact) mass is 510 g/mol. The van der Waals surface area contributed by atoms with Crippen molar-refractivity contribution in [1.82, 2.24) is 4.90 Å². The Morgan fingerprint density at radius 1 is 1.00 bits per heavy atom. The number of carbonyl (C=O) groups is 1. The van der Waals surface area contributed by atoms with Gasteiger partial charge in [0.15, 0.2) is 5.17 Å². The SMILES string of the molecule is Cc1ccc(N=C2S/C(=C/c3ccc(OCc4ccc(Cl)c(Cl)c4)cc3)C(=O)N2C(C)C)cc1. The normalized spacial score (nSPS) is 16.2. The number of ether oxygens (including phenoxy) is 1. The quantitative estimate of drug-likeness (QED) is 0.316. The number of rotatable bonds is 6. The lowest BCUT2D eigenvalue weighted by molar-refractivity contribution is -0.123. The molecule has 0 aliphatic carbocycles. The van der Waals surface area contributed by atoms with Gasteiger partial charge in [0, 0.05) is 6.04 Å². The molecule has 1 aliphatic heterocycles. The number of benzene rings is 3. The summed E-state index contributed by atoms with van der Waals surface area (Å²) in [5.74, 6) is 0.690. The summed E-state index contributed by atoms with van der Waals surface area (Å²) in [6.45, 7) is 6.40. The molecule has 0 aromatic heterocycles. The molecular weight excluding hydrogens is 487 g/mol. The topological polar surface area (TPSA) is 41.9 Å². The van der Waals surface area contributed by atoms with E-state index in [-0.39, 0.29) is 11.9 Å². The Labute approximate surface area is 214 Å². The Morgan fingerprint density at radius 2 is 1.71 bits per heavy atom. The van der Waals surface area contributed by atoms with Crippen LogP contribution >= 0.6 is 35.0 Å². The number of hydrogen-bond acceptors (Lipinski definition) is 4. The maximum absolute atomic E-state index is 13.1. The first-order chi connectivity index (χ1) is 16.3. The molecule has 1 fully saturated rings. The van der Waals surface area contributed by atoms with E-state index in [0.717, 1.165) is 22.6 Å². The molecule has 0 unspecified atom stereocenters. The van der Waals surface area contributed by atoms with Crippen LogP contribution in [0.3, 0.4) is 0 Å². The average molecular weight is 511 g/mol. The number of aliphatic imine (C=N–C) groups is 1. The first-order valence-electron chi connectivity index (χ1n) is 10.9. The van der Waals surface area contributed by atoms with Crippen LogP contribution in [0.25, 0.3) is 6.08 Å². The lowest BCUT2D eigenvalue weighted by Crippen LogP contribution is -2.35. The van der Waals surface area contributed by atoms with Gasteiger partial charge in [-0.05, 0) is 86.1 Å². The van der Waals surface area contributed by atoms with E-state index in [2.05, 4.69) is 0 Å². The third-order valence-corrected chi connectivity index (χ3v) is 6.90. The van der Waals surface area contributed by atoms with Crippen molar-refractivity contribution >= 4 is 57.8 Å². The number of halogens is 2. The van der Waals surface area contributed by atoms with E-state index in [0.29, 0.717) is 26.7 Å². The van der Waals surface area contributed by atoms with Gasteiger partial charge < -0.3 is 4.74 Å². The van der Waals surface area contributed by atoms with E-state index in [1.807, 2.05) is 81.4 Å². The van der Waals surface area contributed by atoms with Gasteiger partial charge in [-0.3, -0.25) is 9.69 Å². The molecule has 7 heteroatoms. The number of amides is 1. The Kier molecular flexibility index (Phi) is 7.67. The Balaban J connectivity index is 1.48. The molecular formula is C27H24Cl2N2O2S. The van der Waals surface area contributed by atoms with Crippen molar-refractivity contribution in [2.24, 2.45) is 4.99 Å². The summed E-state index contributed by atoms with van der Waals surface area (Å²) in [5, 5.41) is 1.71. The molecule has 0 atom stereocenters. The number of hydrogen-bond donors (Lipinski definition) is 0. The smallest absolute Gasteiger partial charge is 0.266 e. The largest absolute Gasteiger partial charge is 0.489 e. The van der Waals surface area contributed by atoms with Crippen molar-refractivity contribution in [2.75, 3.05) is 0 Å². The zero-order valence-electron chi connectivity index (χ0n) is 19.1. The van der Waals surface area contributed by atoms with Crippen LogP contribution in [0.15, 0.2) is 76.6 Å². The Bertz CT molecular complexity index is 1250. The van der Waals surface area contributed by atoms with E-state index in [1.165, 1.54) is 17.3 Å². The van der Waals surface area contributed by atoms with Crippen LogP contribution < -0.4 is 4.74 Å². The molecule has 3 aromatic rings. The van der Waals surface area contributed by atoms with Crippen LogP contribution in [-0.2, 0) is 11.4 Å². The van der Waals surface area contributed by atoms with Gasteiger partial charge in [-0.2, -0.15) is 0 Å². The number of amidine groups is 1. The van der Waals surface area contributed by atoms with E-state index < -0.39 is 0 Å². The predicted molar refractivity (Wildman–Crippen MR) is 143 cm³/mol. The molecule has 0 saturated carbocycles. The van der Waals surface area contributed by atoms with Crippen LogP contribution in [0.1, 0.15) is 30.5 Å². The highest BCUT2D eigenvalue weighted by molar-refractivity contribution is 8.18. The summed E-state index contributed by atoms with van der Waals surface area (Å²) >= 11 is 13.4. The van der Waals surface area contributed by atoms with Crippen molar-refractivity contribution in [2.45, 2.75) is 33.4 Å². The molecule has 1 amide bonds. The minimum absolute atomic E-state index is 0.00671. The minimum atomic E-state index is -0.0363. The van der Waals surface area contributed by atoms with E-state index in [4.69, 9.17) is 32.9 Å². The highest BCUT2D eigenvalue weighted by Gasteiger charge is 2.35. The fourth-order valence-corrected chi connectivity index (χ4v) is 4.80. The van der Waals surface area contributed by atoms with Crippen LogP contribution in [0.5, 0.6) is 5.75 Å².